The van der Waals surface area contributed by atoms with Crippen LogP contribution in [0.3, 0.4) is 0 Å². The monoisotopic (exact) mass is 258 g/mol. The second-order valence-corrected chi connectivity index (χ2v) is 5.18. The Bertz CT molecular complexity index is 439. The Morgan fingerprint density at radius 3 is 2.59 bits per heavy atom. The van der Waals surface area contributed by atoms with E-state index in [1.54, 1.807) is 19.9 Å². The van der Waals surface area contributed by atoms with Gasteiger partial charge in [0.2, 0.25) is 0 Å². The van der Waals surface area contributed by atoms with Crippen LogP contribution in [0.1, 0.15) is 25.6 Å². The summed E-state index contributed by atoms with van der Waals surface area (Å²) in [5, 5.41) is 10.6. The van der Waals surface area contributed by atoms with Crippen molar-refractivity contribution in [2.75, 3.05) is 0 Å². The average molecular weight is 258 g/mol. The van der Waals surface area contributed by atoms with Gasteiger partial charge in [0, 0.05) is 6.07 Å². The van der Waals surface area contributed by atoms with Crippen LogP contribution in [0.25, 0.3) is 0 Å². The summed E-state index contributed by atoms with van der Waals surface area (Å²) in [7, 11) is 0. The van der Waals surface area contributed by atoms with Gasteiger partial charge < -0.3 is 10.5 Å². The van der Waals surface area contributed by atoms with Crippen LogP contribution in [0, 0.1) is 10.1 Å². The van der Waals surface area contributed by atoms with Crippen LogP contribution in [0.5, 0.6) is 0 Å². The number of nitro groups is 1. The van der Waals surface area contributed by atoms with Gasteiger partial charge in [0.1, 0.15) is 11.6 Å². The predicted molar refractivity (Wildman–Crippen MR) is 63.7 cm³/mol. The van der Waals surface area contributed by atoms with E-state index in [4.69, 9.17) is 10.5 Å². The summed E-state index contributed by atoms with van der Waals surface area (Å²) < 4.78 is 5.20. The van der Waals surface area contributed by atoms with Crippen molar-refractivity contribution < 1.29 is 14.5 Å². The minimum Gasteiger partial charge on any atom is -0.453 e. The highest BCUT2D eigenvalue weighted by Crippen LogP contribution is 2.34. The van der Waals surface area contributed by atoms with Gasteiger partial charge >= 0.3 is 11.0 Å². The molecule has 0 aliphatic rings. The molecule has 6 nitrogen and oxygen atoms in total. The Labute approximate surface area is 103 Å². The van der Waals surface area contributed by atoms with E-state index in [0.717, 1.165) is 11.3 Å². The molecule has 1 atom stereocenters. The molecule has 0 aliphatic heterocycles. The Balaban J connectivity index is 2.88. The first-order valence-electron chi connectivity index (χ1n) is 4.97. The van der Waals surface area contributed by atoms with Crippen molar-refractivity contribution in [1.82, 2.24) is 0 Å². The molecule has 0 bridgehead atoms. The molecule has 1 aromatic rings. The van der Waals surface area contributed by atoms with Gasteiger partial charge in [-0.2, -0.15) is 0 Å². The van der Waals surface area contributed by atoms with Crippen molar-refractivity contribution >= 4 is 22.3 Å². The molecule has 0 fully saturated rings. The summed E-state index contributed by atoms with van der Waals surface area (Å²) in [6.07, 6.45) is 0. The van der Waals surface area contributed by atoms with Gasteiger partial charge in [-0.05, 0) is 26.8 Å². The fourth-order valence-corrected chi connectivity index (χ4v) is 2.00. The van der Waals surface area contributed by atoms with Crippen LogP contribution in [0.2, 0.25) is 0 Å². The van der Waals surface area contributed by atoms with Crippen molar-refractivity contribution in [2.45, 2.75) is 32.4 Å². The van der Waals surface area contributed by atoms with E-state index in [1.165, 1.54) is 13.0 Å². The van der Waals surface area contributed by atoms with E-state index in [-0.39, 0.29) is 5.00 Å². The lowest BCUT2D eigenvalue weighted by atomic mass is 10.1. The fourth-order valence-electron chi connectivity index (χ4n) is 1.14. The third kappa shape index (κ3) is 3.24. The van der Waals surface area contributed by atoms with E-state index >= 15 is 0 Å². The van der Waals surface area contributed by atoms with Crippen LogP contribution in [-0.4, -0.2) is 16.9 Å². The highest BCUT2D eigenvalue weighted by Gasteiger charge is 2.30. The molecule has 0 radical (unpaired) electrons. The van der Waals surface area contributed by atoms with Crippen LogP contribution >= 0.6 is 11.3 Å². The quantitative estimate of drug-likeness (QED) is 0.504. The Kier molecular flexibility index (Phi) is 3.84. The first-order valence-corrected chi connectivity index (χ1v) is 5.79. The van der Waals surface area contributed by atoms with Crippen molar-refractivity contribution in [1.29, 1.82) is 0 Å². The van der Waals surface area contributed by atoms with E-state index in [0.29, 0.717) is 4.88 Å². The maximum absolute atomic E-state index is 11.4. The topological polar surface area (TPSA) is 95.5 Å². The second kappa shape index (κ2) is 4.80. The van der Waals surface area contributed by atoms with E-state index in [9.17, 15) is 14.9 Å². The molecule has 0 unspecified atom stereocenters. The molecule has 0 saturated carbocycles. The van der Waals surface area contributed by atoms with Gasteiger partial charge in [-0.25, -0.2) is 0 Å². The molecule has 1 heterocycles. The number of carbonyl (C=O) groups is 1. The molecule has 0 spiro atoms. The third-order valence-corrected chi connectivity index (χ3v) is 3.43. The molecule has 0 amide bonds. The first kappa shape index (κ1) is 13.6. The smallest absolute Gasteiger partial charge is 0.324 e. The highest BCUT2D eigenvalue weighted by atomic mass is 32.1. The number of thiophene rings is 1. The molecular weight excluding hydrogens is 244 g/mol. The zero-order chi connectivity index (χ0) is 13.2. The van der Waals surface area contributed by atoms with Crippen LogP contribution < -0.4 is 5.73 Å². The molecule has 1 rings (SSSR count). The maximum atomic E-state index is 11.4. The number of ether oxygens (including phenoxy) is 1. The Hall–Kier alpha value is -1.47. The van der Waals surface area contributed by atoms with Gasteiger partial charge in [0.25, 0.3) is 0 Å². The summed E-state index contributed by atoms with van der Waals surface area (Å²) >= 11 is 0.985. The predicted octanol–water partition coefficient (Wildman–Crippen LogP) is 1.78. The van der Waals surface area contributed by atoms with Crippen molar-refractivity contribution in [2.24, 2.45) is 5.73 Å². The van der Waals surface area contributed by atoms with Crippen LogP contribution in [0.4, 0.5) is 5.00 Å². The molecule has 17 heavy (non-hydrogen) atoms. The molecule has 0 saturated heterocycles. The number of hydrogen-bond donors (Lipinski definition) is 1. The zero-order valence-corrected chi connectivity index (χ0v) is 10.6. The first-order chi connectivity index (χ1) is 7.74. The average Bonchev–Trinajstić information content (AvgIpc) is 2.65. The SMILES string of the molecule is C[C@H](N)C(=O)OC(C)(C)c1ccc([N+](=O)[O-])s1. The van der Waals surface area contributed by atoms with Crippen LogP contribution in [0.15, 0.2) is 12.1 Å². The lowest BCUT2D eigenvalue weighted by molar-refractivity contribution is -0.380. The molecule has 2 N–H and O–H groups in total. The number of nitrogens with two attached hydrogens (primary N) is 1. The third-order valence-electron chi connectivity index (χ3n) is 2.09. The van der Waals surface area contributed by atoms with E-state index in [2.05, 4.69) is 0 Å². The molecular formula is C10H14N2O4S. The minimum atomic E-state index is -0.913. The minimum absolute atomic E-state index is 0.0184. The molecule has 0 aliphatic carbocycles. The van der Waals surface area contributed by atoms with Crippen molar-refractivity contribution in [3.05, 3.63) is 27.1 Å². The number of hydrogen-bond acceptors (Lipinski definition) is 6. The number of esters is 1. The number of carbonyl (C=O) groups excluding carboxylic acids is 1. The molecule has 0 aromatic carbocycles. The van der Waals surface area contributed by atoms with Gasteiger partial charge in [-0.15, -0.1) is 0 Å². The zero-order valence-electron chi connectivity index (χ0n) is 9.80. The van der Waals surface area contributed by atoms with Gasteiger partial charge in [0.15, 0.2) is 0 Å². The lowest BCUT2D eigenvalue weighted by Gasteiger charge is -2.24. The Morgan fingerprint density at radius 1 is 1.59 bits per heavy atom. The van der Waals surface area contributed by atoms with Crippen molar-refractivity contribution in [3.63, 3.8) is 0 Å². The van der Waals surface area contributed by atoms with E-state index in [1.807, 2.05) is 0 Å². The number of nitrogens with zero attached hydrogens (tertiary/aromatic N) is 1. The largest absolute Gasteiger partial charge is 0.453 e. The summed E-state index contributed by atoms with van der Waals surface area (Å²) in [6.45, 7) is 4.86. The number of rotatable bonds is 4. The lowest BCUT2D eigenvalue weighted by Crippen LogP contribution is -2.35. The molecule has 7 heteroatoms. The summed E-state index contributed by atoms with van der Waals surface area (Å²) in [6, 6.07) is 2.25. The maximum Gasteiger partial charge on any atom is 0.324 e. The standard InChI is InChI=1S/C10H14N2O4S/c1-6(11)9(13)16-10(2,3)7-4-5-8(17-7)12(14)15/h4-6H,11H2,1-3H3/t6-/m0/s1. The normalized spacial score (nSPS) is 13.2. The fraction of sp³-hybridized carbons (Fsp3) is 0.500. The van der Waals surface area contributed by atoms with Gasteiger partial charge in [-0.1, -0.05) is 11.3 Å². The highest BCUT2D eigenvalue weighted by molar-refractivity contribution is 7.15. The Morgan fingerprint density at radius 2 is 2.18 bits per heavy atom. The molecule has 1 aromatic heterocycles. The summed E-state index contributed by atoms with van der Waals surface area (Å²) in [4.78, 5) is 22.1. The summed E-state index contributed by atoms with van der Waals surface area (Å²) in [5.74, 6) is -0.536. The second-order valence-electron chi connectivity index (χ2n) is 4.12. The van der Waals surface area contributed by atoms with Crippen LogP contribution in [-0.2, 0) is 15.1 Å². The van der Waals surface area contributed by atoms with Crippen molar-refractivity contribution in [3.8, 4) is 0 Å². The van der Waals surface area contributed by atoms with Gasteiger partial charge in [0.05, 0.1) is 9.80 Å². The van der Waals surface area contributed by atoms with E-state index < -0.39 is 22.5 Å². The van der Waals surface area contributed by atoms with Gasteiger partial charge in [-0.3, -0.25) is 14.9 Å². The summed E-state index contributed by atoms with van der Waals surface area (Å²) in [5.41, 5.74) is 4.48. The molecule has 94 valence electrons.